The molecule has 0 spiro atoms. The summed E-state index contributed by atoms with van der Waals surface area (Å²) in [6, 6.07) is 9.38. The van der Waals surface area contributed by atoms with Crippen molar-refractivity contribution in [2.75, 3.05) is 19.7 Å². The van der Waals surface area contributed by atoms with Gasteiger partial charge in [-0.15, -0.1) is 0 Å². The number of carbonyl (C=O) groups excluding carboxylic acids is 1. The molecular weight excluding hydrogens is 266 g/mol. The Morgan fingerprint density at radius 1 is 1.38 bits per heavy atom. The number of piperidine rings is 1. The van der Waals surface area contributed by atoms with Gasteiger partial charge in [-0.05, 0) is 38.8 Å². The first-order valence-corrected chi connectivity index (χ1v) is 7.73. The molecule has 1 aliphatic heterocycles. The second-order valence-electron chi connectivity index (χ2n) is 5.87. The van der Waals surface area contributed by atoms with E-state index in [0.717, 1.165) is 31.4 Å². The third kappa shape index (κ3) is 4.05. The van der Waals surface area contributed by atoms with Crippen LogP contribution in [0.4, 0.5) is 0 Å². The van der Waals surface area contributed by atoms with Crippen molar-refractivity contribution >= 4 is 5.97 Å². The normalized spacial score (nSPS) is 22.5. The van der Waals surface area contributed by atoms with Crippen LogP contribution in [0.5, 0.6) is 0 Å². The van der Waals surface area contributed by atoms with Crippen molar-refractivity contribution in [1.82, 2.24) is 4.90 Å². The number of likely N-dealkylation sites (tertiary alicyclic amines) is 1. The first kappa shape index (κ1) is 16.0. The van der Waals surface area contributed by atoms with Crippen molar-refractivity contribution in [3.63, 3.8) is 0 Å². The highest BCUT2D eigenvalue weighted by atomic mass is 16.5. The van der Waals surface area contributed by atoms with Gasteiger partial charge in [0, 0.05) is 6.54 Å². The highest BCUT2D eigenvalue weighted by Gasteiger charge is 2.35. The van der Waals surface area contributed by atoms with E-state index in [1.807, 2.05) is 37.3 Å². The minimum absolute atomic E-state index is 0.166. The second-order valence-corrected chi connectivity index (χ2v) is 5.87. The zero-order chi connectivity index (χ0) is 15.3. The Kier molecular flexibility index (Phi) is 5.37. The van der Waals surface area contributed by atoms with Gasteiger partial charge in [-0.1, -0.05) is 36.8 Å². The first-order chi connectivity index (χ1) is 10.0. The van der Waals surface area contributed by atoms with Crippen LogP contribution in [0.2, 0.25) is 0 Å². The quantitative estimate of drug-likeness (QED) is 0.846. The second kappa shape index (κ2) is 7.05. The molecule has 1 aromatic rings. The van der Waals surface area contributed by atoms with Gasteiger partial charge in [-0.2, -0.15) is 0 Å². The summed E-state index contributed by atoms with van der Waals surface area (Å²) in [7, 11) is 0. The molecule has 0 amide bonds. The molecule has 1 aliphatic rings. The maximum absolute atomic E-state index is 12.1. The van der Waals surface area contributed by atoms with Crippen LogP contribution in [0.25, 0.3) is 0 Å². The van der Waals surface area contributed by atoms with Gasteiger partial charge < -0.3 is 9.84 Å². The SMILES string of the molecule is CCOC(=O)C1CCCCN1CC(C)(O)c1ccccc1. The molecule has 0 radical (unpaired) electrons. The van der Waals surface area contributed by atoms with E-state index >= 15 is 0 Å². The zero-order valence-corrected chi connectivity index (χ0v) is 12.9. The molecule has 0 saturated carbocycles. The van der Waals surface area contributed by atoms with Crippen molar-refractivity contribution in [2.24, 2.45) is 0 Å². The molecule has 21 heavy (non-hydrogen) atoms. The molecule has 1 N–H and O–H groups in total. The van der Waals surface area contributed by atoms with E-state index in [1.165, 1.54) is 0 Å². The minimum Gasteiger partial charge on any atom is -0.465 e. The third-order valence-corrected chi connectivity index (χ3v) is 4.08. The van der Waals surface area contributed by atoms with E-state index in [2.05, 4.69) is 4.90 Å². The average molecular weight is 291 g/mol. The van der Waals surface area contributed by atoms with E-state index in [1.54, 1.807) is 6.92 Å². The molecule has 0 aromatic heterocycles. The zero-order valence-electron chi connectivity index (χ0n) is 12.9. The largest absolute Gasteiger partial charge is 0.465 e. The lowest BCUT2D eigenvalue weighted by molar-refractivity contribution is -0.152. The summed E-state index contributed by atoms with van der Waals surface area (Å²) in [6.07, 6.45) is 2.90. The molecule has 2 atom stereocenters. The van der Waals surface area contributed by atoms with Gasteiger partial charge in [0.05, 0.1) is 12.2 Å². The number of hydrogen-bond acceptors (Lipinski definition) is 4. The van der Waals surface area contributed by atoms with E-state index in [0.29, 0.717) is 13.2 Å². The van der Waals surface area contributed by atoms with Crippen LogP contribution in [-0.2, 0) is 15.1 Å². The Morgan fingerprint density at radius 3 is 2.76 bits per heavy atom. The Labute approximate surface area is 126 Å². The lowest BCUT2D eigenvalue weighted by Gasteiger charge is -2.38. The van der Waals surface area contributed by atoms with E-state index < -0.39 is 5.60 Å². The minimum atomic E-state index is -0.969. The lowest BCUT2D eigenvalue weighted by Crippen LogP contribution is -2.50. The summed E-state index contributed by atoms with van der Waals surface area (Å²) >= 11 is 0. The predicted molar refractivity (Wildman–Crippen MR) is 81.9 cm³/mol. The van der Waals surface area contributed by atoms with Gasteiger partial charge in [-0.3, -0.25) is 9.69 Å². The van der Waals surface area contributed by atoms with Gasteiger partial charge in [0.1, 0.15) is 6.04 Å². The fourth-order valence-electron chi connectivity index (χ4n) is 2.97. The maximum atomic E-state index is 12.1. The van der Waals surface area contributed by atoms with E-state index in [-0.39, 0.29) is 12.0 Å². The van der Waals surface area contributed by atoms with Gasteiger partial charge in [0.2, 0.25) is 0 Å². The number of ether oxygens (including phenoxy) is 1. The van der Waals surface area contributed by atoms with Crippen LogP contribution in [0.3, 0.4) is 0 Å². The van der Waals surface area contributed by atoms with E-state index in [9.17, 15) is 9.90 Å². The molecule has 1 heterocycles. The fourth-order valence-corrected chi connectivity index (χ4v) is 2.97. The van der Waals surface area contributed by atoms with Gasteiger partial charge in [-0.25, -0.2) is 0 Å². The number of aliphatic hydroxyl groups is 1. The van der Waals surface area contributed by atoms with Crippen LogP contribution < -0.4 is 0 Å². The van der Waals surface area contributed by atoms with Crippen molar-refractivity contribution in [1.29, 1.82) is 0 Å². The first-order valence-electron chi connectivity index (χ1n) is 7.73. The molecule has 0 bridgehead atoms. The number of β-amino-alcohol motifs (C(OH)–C–C–N with tert-alkyl or cyclic N) is 1. The molecule has 4 heteroatoms. The van der Waals surface area contributed by atoms with Crippen molar-refractivity contribution < 1.29 is 14.6 Å². The summed E-state index contributed by atoms with van der Waals surface area (Å²) < 4.78 is 5.17. The predicted octanol–water partition coefficient (Wildman–Crippen LogP) is 2.31. The van der Waals surface area contributed by atoms with Gasteiger partial charge >= 0.3 is 5.97 Å². The number of nitrogens with zero attached hydrogens (tertiary/aromatic N) is 1. The average Bonchev–Trinajstić information content (AvgIpc) is 2.48. The van der Waals surface area contributed by atoms with Crippen LogP contribution in [0, 0.1) is 0 Å². The molecule has 2 rings (SSSR count). The number of esters is 1. The standard InChI is InChI=1S/C17H25NO3/c1-3-21-16(19)15-11-7-8-12-18(15)13-17(2,20)14-9-5-4-6-10-14/h4-6,9-10,15,20H,3,7-8,11-13H2,1-2H3. The topological polar surface area (TPSA) is 49.8 Å². The monoisotopic (exact) mass is 291 g/mol. The summed E-state index contributed by atoms with van der Waals surface area (Å²) in [4.78, 5) is 14.1. The molecule has 0 aliphatic carbocycles. The molecule has 1 saturated heterocycles. The summed E-state index contributed by atoms with van der Waals surface area (Å²) in [5, 5.41) is 10.8. The van der Waals surface area contributed by atoms with Crippen molar-refractivity contribution in [3.05, 3.63) is 35.9 Å². The van der Waals surface area contributed by atoms with Gasteiger partial charge in [0.25, 0.3) is 0 Å². The number of benzene rings is 1. The fraction of sp³-hybridized carbons (Fsp3) is 0.588. The van der Waals surface area contributed by atoms with Crippen LogP contribution in [0.1, 0.15) is 38.7 Å². The highest BCUT2D eigenvalue weighted by molar-refractivity contribution is 5.75. The number of carbonyl (C=O) groups is 1. The smallest absolute Gasteiger partial charge is 0.323 e. The van der Waals surface area contributed by atoms with Crippen LogP contribution in [-0.4, -0.2) is 41.7 Å². The Hall–Kier alpha value is -1.39. The Bertz CT molecular complexity index is 458. The lowest BCUT2D eigenvalue weighted by atomic mass is 9.93. The van der Waals surface area contributed by atoms with Crippen molar-refractivity contribution in [2.45, 2.75) is 44.8 Å². The van der Waals surface area contributed by atoms with Gasteiger partial charge in [0.15, 0.2) is 0 Å². The highest BCUT2D eigenvalue weighted by Crippen LogP contribution is 2.26. The number of hydrogen-bond donors (Lipinski definition) is 1. The maximum Gasteiger partial charge on any atom is 0.323 e. The van der Waals surface area contributed by atoms with E-state index in [4.69, 9.17) is 4.74 Å². The Balaban J connectivity index is 2.09. The number of rotatable bonds is 5. The summed E-state index contributed by atoms with van der Waals surface area (Å²) in [6.45, 7) is 5.30. The molecule has 2 unspecified atom stereocenters. The molecule has 4 nitrogen and oxygen atoms in total. The molecule has 1 fully saturated rings. The molecule has 1 aromatic carbocycles. The molecular formula is C17H25NO3. The Morgan fingerprint density at radius 2 is 2.10 bits per heavy atom. The van der Waals surface area contributed by atoms with Crippen LogP contribution >= 0.6 is 0 Å². The summed E-state index contributed by atoms with van der Waals surface area (Å²) in [5.41, 5.74) is -0.0956. The third-order valence-electron chi connectivity index (χ3n) is 4.08. The summed E-state index contributed by atoms with van der Waals surface area (Å²) in [5.74, 6) is -0.166. The van der Waals surface area contributed by atoms with Crippen LogP contribution in [0.15, 0.2) is 30.3 Å². The molecule has 116 valence electrons. The van der Waals surface area contributed by atoms with Crippen molar-refractivity contribution in [3.8, 4) is 0 Å².